The van der Waals surface area contributed by atoms with Gasteiger partial charge in [-0.2, -0.15) is 0 Å². The third-order valence-corrected chi connectivity index (χ3v) is 2.99. The Morgan fingerprint density at radius 3 is 2.84 bits per heavy atom. The number of nitrogens with zero attached hydrogens (tertiary/aromatic N) is 3. The van der Waals surface area contributed by atoms with Gasteiger partial charge in [-0.05, 0) is 12.1 Å². The van der Waals surface area contributed by atoms with Gasteiger partial charge in [0.25, 0.3) is 5.69 Å². The zero-order valence-corrected chi connectivity index (χ0v) is 10.3. The lowest BCUT2D eigenvalue weighted by Gasteiger charge is -1.98. The van der Waals surface area contributed by atoms with Crippen LogP contribution >= 0.6 is 11.6 Å². The minimum atomic E-state index is -0.504. The highest BCUT2D eigenvalue weighted by Gasteiger charge is 2.13. The summed E-state index contributed by atoms with van der Waals surface area (Å²) in [6, 6.07) is 8.59. The smallest absolute Gasteiger partial charge is 0.289 e. The number of imidazole rings is 1. The van der Waals surface area contributed by atoms with E-state index in [2.05, 4.69) is 15.0 Å². The van der Waals surface area contributed by atoms with Gasteiger partial charge in [-0.3, -0.25) is 10.1 Å². The highest BCUT2D eigenvalue weighted by molar-refractivity contribution is 6.33. The Bertz CT molecular complexity index is 784. The molecule has 0 saturated heterocycles. The van der Waals surface area contributed by atoms with E-state index in [1.54, 1.807) is 6.07 Å². The van der Waals surface area contributed by atoms with Crippen LogP contribution < -0.4 is 0 Å². The summed E-state index contributed by atoms with van der Waals surface area (Å²) in [7, 11) is 0. The number of hydrogen-bond donors (Lipinski definition) is 1. The third kappa shape index (κ3) is 2.02. The lowest BCUT2D eigenvalue weighted by Crippen LogP contribution is -1.88. The fourth-order valence-corrected chi connectivity index (χ4v) is 1.99. The fraction of sp³-hybridized carbons (Fsp3) is 0. The van der Waals surface area contributed by atoms with Crippen LogP contribution in [0.5, 0.6) is 0 Å². The molecule has 0 saturated carbocycles. The van der Waals surface area contributed by atoms with Gasteiger partial charge < -0.3 is 4.98 Å². The largest absolute Gasteiger partial charge is 0.323 e. The first-order valence-corrected chi connectivity index (χ1v) is 5.78. The topological polar surface area (TPSA) is 84.7 Å². The van der Waals surface area contributed by atoms with E-state index in [0.29, 0.717) is 22.0 Å². The van der Waals surface area contributed by atoms with Crippen LogP contribution in [-0.4, -0.2) is 19.9 Å². The molecule has 6 nitrogen and oxygen atoms in total. The van der Waals surface area contributed by atoms with Gasteiger partial charge in [0.15, 0.2) is 5.65 Å². The molecular formula is C12H7ClN4O2. The zero-order valence-electron chi connectivity index (χ0n) is 9.50. The summed E-state index contributed by atoms with van der Waals surface area (Å²) in [5, 5.41) is 11.2. The van der Waals surface area contributed by atoms with Crippen molar-refractivity contribution in [1.29, 1.82) is 0 Å². The summed E-state index contributed by atoms with van der Waals surface area (Å²) in [4.78, 5) is 21.4. The standard InChI is InChI=1S/C12H7ClN4O2/c13-9-4-2-1-3-8(9)11-15-10-5-7(17(18)19)6-14-12(10)16-11/h1-6H,(H,14,15,16). The van der Waals surface area contributed by atoms with Crippen LogP contribution in [0.2, 0.25) is 5.02 Å². The van der Waals surface area contributed by atoms with E-state index in [1.165, 1.54) is 12.3 Å². The van der Waals surface area contributed by atoms with Gasteiger partial charge >= 0.3 is 0 Å². The third-order valence-electron chi connectivity index (χ3n) is 2.66. The highest BCUT2D eigenvalue weighted by Crippen LogP contribution is 2.27. The number of aromatic nitrogens is 3. The monoisotopic (exact) mass is 274 g/mol. The predicted molar refractivity (Wildman–Crippen MR) is 71.0 cm³/mol. The van der Waals surface area contributed by atoms with Gasteiger partial charge in [-0.1, -0.05) is 23.7 Å². The minimum Gasteiger partial charge on any atom is -0.323 e. The Balaban J connectivity index is 2.17. The molecule has 0 bridgehead atoms. The van der Waals surface area contributed by atoms with E-state index in [-0.39, 0.29) is 5.69 Å². The van der Waals surface area contributed by atoms with E-state index < -0.39 is 4.92 Å². The predicted octanol–water partition coefficient (Wildman–Crippen LogP) is 3.19. The van der Waals surface area contributed by atoms with Crippen molar-refractivity contribution < 1.29 is 4.92 Å². The quantitative estimate of drug-likeness (QED) is 0.574. The molecule has 0 amide bonds. The Morgan fingerprint density at radius 1 is 1.32 bits per heavy atom. The van der Waals surface area contributed by atoms with E-state index in [9.17, 15) is 10.1 Å². The number of fused-ring (bicyclic) bond motifs is 1. The summed E-state index contributed by atoms with van der Waals surface area (Å²) >= 11 is 6.08. The summed E-state index contributed by atoms with van der Waals surface area (Å²) in [5.41, 5.74) is 1.55. The molecule has 1 aromatic carbocycles. The van der Waals surface area contributed by atoms with Gasteiger partial charge in [-0.15, -0.1) is 0 Å². The van der Waals surface area contributed by atoms with Crippen molar-refractivity contribution >= 4 is 28.5 Å². The Labute approximate surface area is 112 Å². The van der Waals surface area contributed by atoms with Crippen molar-refractivity contribution in [2.75, 3.05) is 0 Å². The molecule has 0 spiro atoms. The molecular weight excluding hydrogens is 268 g/mol. The van der Waals surface area contributed by atoms with Crippen molar-refractivity contribution in [1.82, 2.24) is 15.0 Å². The molecule has 19 heavy (non-hydrogen) atoms. The number of pyridine rings is 1. The molecule has 1 N–H and O–H groups in total. The van der Waals surface area contributed by atoms with Gasteiger partial charge in [0.2, 0.25) is 0 Å². The number of H-pyrrole nitrogens is 1. The molecule has 7 heteroatoms. The molecule has 94 valence electrons. The maximum Gasteiger partial charge on any atom is 0.289 e. The molecule has 0 aliphatic heterocycles. The number of nitrogens with one attached hydrogen (secondary N) is 1. The average molecular weight is 275 g/mol. The highest BCUT2D eigenvalue weighted by atomic mass is 35.5. The SMILES string of the molecule is O=[N+]([O-])c1cnc2[nH]c(-c3ccccc3Cl)nc2c1. The molecule has 2 aromatic heterocycles. The summed E-state index contributed by atoms with van der Waals surface area (Å²) in [6.45, 7) is 0. The maximum absolute atomic E-state index is 10.7. The van der Waals surface area contributed by atoms with Crippen LogP contribution in [0.15, 0.2) is 36.5 Å². The van der Waals surface area contributed by atoms with E-state index in [4.69, 9.17) is 11.6 Å². The molecule has 0 radical (unpaired) electrons. The molecule has 0 atom stereocenters. The molecule has 0 unspecified atom stereocenters. The first-order chi connectivity index (χ1) is 9.15. The first kappa shape index (κ1) is 11.6. The Hall–Kier alpha value is -2.47. The first-order valence-electron chi connectivity index (χ1n) is 5.40. The van der Waals surface area contributed by atoms with Crippen LogP contribution in [0.1, 0.15) is 0 Å². The van der Waals surface area contributed by atoms with E-state index in [1.807, 2.05) is 18.2 Å². The number of halogens is 1. The van der Waals surface area contributed by atoms with Gasteiger partial charge in [0, 0.05) is 11.6 Å². The van der Waals surface area contributed by atoms with Crippen LogP contribution in [0.25, 0.3) is 22.6 Å². The fourth-order valence-electron chi connectivity index (χ4n) is 1.77. The number of hydrogen-bond acceptors (Lipinski definition) is 4. The molecule has 2 heterocycles. The van der Waals surface area contributed by atoms with E-state index >= 15 is 0 Å². The van der Waals surface area contributed by atoms with Gasteiger partial charge in [0.1, 0.15) is 17.5 Å². The number of rotatable bonds is 2. The molecule has 3 rings (SSSR count). The van der Waals surface area contributed by atoms with Crippen LogP contribution in [-0.2, 0) is 0 Å². The number of benzene rings is 1. The maximum atomic E-state index is 10.7. The van der Waals surface area contributed by atoms with Gasteiger partial charge in [0.05, 0.1) is 9.95 Å². The van der Waals surface area contributed by atoms with Gasteiger partial charge in [-0.25, -0.2) is 9.97 Å². The molecule has 0 aliphatic rings. The van der Waals surface area contributed by atoms with Crippen LogP contribution in [0.3, 0.4) is 0 Å². The second kappa shape index (κ2) is 4.33. The molecule has 0 fully saturated rings. The van der Waals surface area contributed by atoms with E-state index in [0.717, 1.165) is 5.56 Å². The van der Waals surface area contributed by atoms with Crippen molar-refractivity contribution in [3.63, 3.8) is 0 Å². The Morgan fingerprint density at radius 2 is 2.11 bits per heavy atom. The zero-order chi connectivity index (χ0) is 13.4. The summed E-state index contributed by atoms with van der Waals surface area (Å²) in [6.07, 6.45) is 1.19. The lowest BCUT2D eigenvalue weighted by atomic mass is 10.2. The van der Waals surface area contributed by atoms with Crippen molar-refractivity contribution in [2.45, 2.75) is 0 Å². The second-order valence-electron chi connectivity index (χ2n) is 3.88. The van der Waals surface area contributed by atoms with Crippen molar-refractivity contribution in [3.05, 3.63) is 51.7 Å². The molecule has 3 aromatic rings. The van der Waals surface area contributed by atoms with Crippen molar-refractivity contribution in [2.24, 2.45) is 0 Å². The lowest BCUT2D eigenvalue weighted by molar-refractivity contribution is -0.385. The number of nitro groups is 1. The Kier molecular flexibility index (Phi) is 2.64. The average Bonchev–Trinajstić information content (AvgIpc) is 2.81. The molecule has 0 aliphatic carbocycles. The summed E-state index contributed by atoms with van der Waals surface area (Å²) < 4.78 is 0. The van der Waals surface area contributed by atoms with Crippen LogP contribution in [0.4, 0.5) is 5.69 Å². The van der Waals surface area contributed by atoms with Crippen molar-refractivity contribution in [3.8, 4) is 11.4 Å². The summed E-state index contributed by atoms with van der Waals surface area (Å²) in [5.74, 6) is 0.536. The number of aromatic amines is 1. The normalized spacial score (nSPS) is 10.8. The van der Waals surface area contributed by atoms with Crippen LogP contribution in [0, 0.1) is 10.1 Å². The minimum absolute atomic E-state index is 0.0929. The second-order valence-corrected chi connectivity index (χ2v) is 4.29.